The Morgan fingerprint density at radius 3 is 2.40 bits per heavy atom. The molecule has 0 spiro atoms. The largest absolute Gasteiger partial charge is 0.397 e. The molecule has 0 fully saturated rings. The molecule has 1 amide bonds. The fraction of sp³-hybridized carbons (Fsp3) is 0. The molecule has 0 aliphatic heterocycles. The molecule has 2 aromatic carbocycles. The van der Waals surface area contributed by atoms with Gasteiger partial charge in [-0.15, -0.1) is 0 Å². The predicted molar refractivity (Wildman–Crippen MR) is 75.2 cm³/mol. The number of amides is 1. The van der Waals surface area contributed by atoms with Crippen LogP contribution in [-0.4, -0.2) is 5.91 Å². The van der Waals surface area contributed by atoms with Crippen molar-refractivity contribution < 1.29 is 13.6 Å². The monoisotopic (exact) mass is 316 g/mol. The maximum atomic E-state index is 13.0. The first-order valence-corrected chi connectivity index (χ1v) is 6.15. The number of nitrogens with two attached hydrogens (primary N) is 1. The highest BCUT2D eigenvalue weighted by atomic mass is 35.5. The number of nitrogen functional groups attached to an aromatic ring is 1. The molecule has 0 heterocycles. The van der Waals surface area contributed by atoms with Crippen molar-refractivity contribution >= 4 is 40.5 Å². The maximum Gasteiger partial charge on any atom is 0.255 e. The van der Waals surface area contributed by atoms with Gasteiger partial charge in [0.1, 0.15) is 0 Å². The third-order valence-corrected chi connectivity index (χ3v) is 3.31. The number of carbonyl (C=O) groups is 1. The SMILES string of the molecule is Nc1cc(C(=O)Nc2ccc(F)c(F)c2)cc(Cl)c1Cl. The molecule has 2 rings (SSSR count). The lowest BCUT2D eigenvalue weighted by molar-refractivity contribution is 0.102. The van der Waals surface area contributed by atoms with Crippen LogP contribution in [0.15, 0.2) is 30.3 Å². The van der Waals surface area contributed by atoms with Crippen LogP contribution in [0, 0.1) is 11.6 Å². The van der Waals surface area contributed by atoms with E-state index in [0.29, 0.717) is 0 Å². The molecule has 7 heteroatoms. The summed E-state index contributed by atoms with van der Waals surface area (Å²) in [4.78, 5) is 11.9. The number of halogens is 4. The second-order valence-corrected chi connectivity index (χ2v) is 4.73. The molecule has 0 unspecified atom stereocenters. The lowest BCUT2D eigenvalue weighted by atomic mass is 10.2. The fourth-order valence-corrected chi connectivity index (χ4v) is 1.85. The quantitative estimate of drug-likeness (QED) is 0.819. The second kappa shape index (κ2) is 5.64. The van der Waals surface area contributed by atoms with Gasteiger partial charge in [-0.3, -0.25) is 4.79 Å². The van der Waals surface area contributed by atoms with E-state index >= 15 is 0 Å². The number of rotatable bonds is 2. The van der Waals surface area contributed by atoms with Crippen molar-refractivity contribution in [3.8, 4) is 0 Å². The van der Waals surface area contributed by atoms with Crippen molar-refractivity contribution in [2.45, 2.75) is 0 Å². The van der Waals surface area contributed by atoms with E-state index in [0.717, 1.165) is 12.1 Å². The van der Waals surface area contributed by atoms with Gasteiger partial charge >= 0.3 is 0 Å². The maximum absolute atomic E-state index is 13.0. The summed E-state index contributed by atoms with van der Waals surface area (Å²) >= 11 is 11.6. The molecule has 3 N–H and O–H groups in total. The van der Waals surface area contributed by atoms with Crippen molar-refractivity contribution in [2.24, 2.45) is 0 Å². The molecular weight excluding hydrogens is 309 g/mol. The zero-order valence-corrected chi connectivity index (χ0v) is 11.4. The van der Waals surface area contributed by atoms with E-state index in [-0.39, 0.29) is 27.0 Å². The molecule has 0 bridgehead atoms. The first-order valence-electron chi connectivity index (χ1n) is 5.39. The van der Waals surface area contributed by atoms with Crippen LogP contribution in [0.25, 0.3) is 0 Å². The Bertz CT molecular complexity index is 669. The van der Waals surface area contributed by atoms with Gasteiger partial charge in [-0.05, 0) is 24.3 Å². The zero-order chi connectivity index (χ0) is 14.9. The predicted octanol–water partition coefficient (Wildman–Crippen LogP) is 4.11. The lowest BCUT2D eigenvalue weighted by Gasteiger charge is -2.08. The number of hydrogen-bond donors (Lipinski definition) is 2. The minimum Gasteiger partial charge on any atom is -0.397 e. The van der Waals surface area contributed by atoms with E-state index in [1.54, 1.807) is 0 Å². The van der Waals surface area contributed by atoms with Crippen molar-refractivity contribution in [3.63, 3.8) is 0 Å². The molecule has 0 aromatic heterocycles. The Morgan fingerprint density at radius 2 is 1.80 bits per heavy atom. The normalized spacial score (nSPS) is 10.4. The van der Waals surface area contributed by atoms with Crippen molar-refractivity contribution in [3.05, 3.63) is 57.6 Å². The molecule has 0 aliphatic carbocycles. The molecule has 20 heavy (non-hydrogen) atoms. The number of hydrogen-bond acceptors (Lipinski definition) is 2. The molecule has 2 aromatic rings. The average molecular weight is 317 g/mol. The van der Waals surface area contributed by atoms with Crippen molar-refractivity contribution in [2.75, 3.05) is 11.1 Å². The Morgan fingerprint density at radius 1 is 1.10 bits per heavy atom. The van der Waals surface area contributed by atoms with Crippen LogP contribution in [0.5, 0.6) is 0 Å². The van der Waals surface area contributed by atoms with E-state index in [2.05, 4.69) is 5.32 Å². The van der Waals surface area contributed by atoms with Gasteiger partial charge in [0.2, 0.25) is 0 Å². The number of carbonyl (C=O) groups excluding carboxylic acids is 1. The molecule has 3 nitrogen and oxygen atoms in total. The first kappa shape index (κ1) is 14.6. The second-order valence-electron chi connectivity index (χ2n) is 3.94. The van der Waals surface area contributed by atoms with Crippen LogP contribution >= 0.6 is 23.2 Å². The summed E-state index contributed by atoms with van der Waals surface area (Å²) in [6.45, 7) is 0. The smallest absolute Gasteiger partial charge is 0.255 e. The topological polar surface area (TPSA) is 55.1 Å². The van der Waals surface area contributed by atoms with Crippen LogP contribution < -0.4 is 11.1 Å². The van der Waals surface area contributed by atoms with E-state index in [4.69, 9.17) is 28.9 Å². The molecule has 0 saturated heterocycles. The van der Waals surface area contributed by atoms with Gasteiger partial charge < -0.3 is 11.1 Å². The highest BCUT2D eigenvalue weighted by molar-refractivity contribution is 6.44. The van der Waals surface area contributed by atoms with Crippen molar-refractivity contribution in [1.82, 2.24) is 0 Å². The van der Waals surface area contributed by atoms with Gasteiger partial charge in [-0.25, -0.2) is 8.78 Å². The van der Waals surface area contributed by atoms with Gasteiger partial charge in [0.15, 0.2) is 11.6 Å². The Balaban J connectivity index is 2.26. The molecule has 0 radical (unpaired) electrons. The Hall–Kier alpha value is -1.85. The summed E-state index contributed by atoms with van der Waals surface area (Å²) in [5.74, 6) is -2.63. The van der Waals surface area contributed by atoms with Crippen LogP contribution in [0.1, 0.15) is 10.4 Å². The van der Waals surface area contributed by atoms with Gasteiger partial charge in [-0.2, -0.15) is 0 Å². The lowest BCUT2D eigenvalue weighted by Crippen LogP contribution is -2.12. The summed E-state index contributed by atoms with van der Waals surface area (Å²) in [6, 6.07) is 5.68. The molecule has 104 valence electrons. The minimum absolute atomic E-state index is 0.110. The third kappa shape index (κ3) is 3.00. The van der Waals surface area contributed by atoms with Crippen LogP contribution in [0.3, 0.4) is 0 Å². The summed E-state index contributed by atoms with van der Waals surface area (Å²) in [6.07, 6.45) is 0. The fourth-order valence-electron chi connectivity index (χ4n) is 1.52. The van der Waals surface area contributed by atoms with Crippen LogP contribution in [0.4, 0.5) is 20.2 Å². The summed E-state index contributed by atoms with van der Waals surface area (Å²) in [5.41, 5.74) is 6.00. The van der Waals surface area contributed by atoms with E-state index in [1.165, 1.54) is 18.2 Å². The standard InChI is InChI=1S/C13H8Cl2F2N2O/c14-8-3-6(4-11(18)12(8)15)13(20)19-7-1-2-9(16)10(17)5-7/h1-5H,18H2,(H,19,20). The first-order chi connectivity index (χ1) is 9.38. The molecule has 0 atom stereocenters. The van der Waals surface area contributed by atoms with E-state index in [1.807, 2.05) is 0 Å². The number of nitrogens with one attached hydrogen (secondary N) is 1. The number of benzene rings is 2. The molecule has 0 saturated carbocycles. The third-order valence-electron chi connectivity index (χ3n) is 2.50. The highest BCUT2D eigenvalue weighted by Gasteiger charge is 2.12. The summed E-state index contributed by atoms with van der Waals surface area (Å²) < 4.78 is 25.8. The zero-order valence-electron chi connectivity index (χ0n) is 9.88. The summed E-state index contributed by atoms with van der Waals surface area (Å²) in [7, 11) is 0. The molecular formula is C13H8Cl2F2N2O. The van der Waals surface area contributed by atoms with Crippen LogP contribution in [0.2, 0.25) is 10.0 Å². The van der Waals surface area contributed by atoms with Gasteiger partial charge in [0.25, 0.3) is 5.91 Å². The van der Waals surface area contributed by atoms with E-state index < -0.39 is 17.5 Å². The van der Waals surface area contributed by atoms with E-state index in [9.17, 15) is 13.6 Å². The summed E-state index contributed by atoms with van der Waals surface area (Å²) in [5, 5.41) is 2.67. The average Bonchev–Trinajstić information content (AvgIpc) is 2.39. The Kier molecular flexibility index (Phi) is 4.11. The Labute approximate surface area is 123 Å². The van der Waals surface area contributed by atoms with Gasteiger partial charge in [0, 0.05) is 17.3 Å². The van der Waals surface area contributed by atoms with Gasteiger partial charge in [0.05, 0.1) is 15.7 Å². The van der Waals surface area contributed by atoms with Crippen LogP contribution in [-0.2, 0) is 0 Å². The van der Waals surface area contributed by atoms with Gasteiger partial charge in [-0.1, -0.05) is 23.2 Å². The minimum atomic E-state index is -1.06. The van der Waals surface area contributed by atoms with Crippen molar-refractivity contribution in [1.29, 1.82) is 0 Å². The highest BCUT2D eigenvalue weighted by Crippen LogP contribution is 2.29. The number of anilines is 2. The molecule has 0 aliphatic rings.